The smallest absolute Gasteiger partial charge is 0.411 e. The van der Waals surface area contributed by atoms with Crippen molar-refractivity contribution in [3.8, 4) is 17.0 Å². The number of carbonyl (C=O) groups excluding carboxylic acids is 1. The molecule has 0 radical (unpaired) electrons. The van der Waals surface area contributed by atoms with Crippen LogP contribution in [0.2, 0.25) is 0 Å². The van der Waals surface area contributed by atoms with E-state index in [0.29, 0.717) is 18.1 Å². The molecule has 1 aliphatic carbocycles. The second kappa shape index (κ2) is 6.69. The summed E-state index contributed by atoms with van der Waals surface area (Å²) in [4.78, 5) is 12.4. The van der Waals surface area contributed by atoms with Crippen LogP contribution in [0, 0.1) is 0 Å². The normalized spacial score (nSPS) is 17.2. The number of nitrogens with zero attached hydrogens (tertiary/aromatic N) is 2. The lowest BCUT2D eigenvalue weighted by Crippen LogP contribution is -2.30. The Kier molecular flexibility index (Phi) is 4.02. The number of aromatic nitrogens is 2. The minimum Gasteiger partial charge on any atom is -0.474 e. The monoisotopic (exact) mass is 377 g/mol. The fourth-order valence-corrected chi connectivity index (χ4v) is 3.91. The third-order valence-corrected chi connectivity index (χ3v) is 5.17. The maximum absolute atomic E-state index is 12.4. The Morgan fingerprint density at radius 2 is 1.86 bits per heavy atom. The van der Waals surface area contributed by atoms with Crippen LogP contribution < -0.4 is 10.1 Å². The van der Waals surface area contributed by atoms with Gasteiger partial charge >= 0.3 is 6.09 Å². The van der Waals surface area contributed by atoms with Gasteiger partial charge in [-0.3, -0.25) is 5.32 Å². The van der Waals surface area contributed by atoms with Crippen molar-refractivity contribution in [3.05, 3.63) is 65.9 Å². The average molecular weight is 377 g/mol. The van der Waals surface area contributed by atoms with E-state index in [-0.39, 0.29) is 19.1 Å². The van der Waals surface area contributed by atoms with Crippen molar-refractivity contribution in [1.82, 2.24) is 9.78 Å². The fraction of sp³-hybridized carbons (Fsp3) is 0.238. The van der Waals surface area contributed by atoms with Gasteiger partial charge in [0.05, 0.1) is 12.7 Å². The Bertz CT molecular complexity index is 1000. The number of aliphatic hydroxyl groups excluding tert-OH is 1. The van der Waals surface area contributed by atoms with E-state index in [1.165, 1.54) is 22.0 Å². The lowest BCUT2D eigenvalue weighted by atomic mass is 9.98. The number of rotatable bonds is 3. The lowest BCUT2D eigenvalue weighted by molar-refractivity contribution is 0.0562. The van der Waals surface area contributed by atoms with Crippen LogP contribution in [0.3, 0.4) is 0 Å². The molecule has 1 unspecified atom stereocenters. The van der Waals surface area contributed by atoms with Crippen LogP contribution in [0.25, 0.3) is 11.1 Å². The molecule has 7 nitrogen and oxygen atoms in total. The first kappa shape index (κ1) is 16.8. The van der Waals surface area contributed by atoms with Crippen LogP contribution in [0.1, 0.15) is 17.0 Å². The Balaban J connectivity index is 1.30. The molecule has 2 heterocycles. The summed E-state index contributed by atoms with van der Waals surface area (Å²) in [6.07, 6.45) is 0.330. The highest BCUT2D eigenvalue weighted by molar-refractivity contribution is 5.86. The highest BCUT2D eigenvalue weighted by Crippen LogP contribution is 2.44. The molecular weight excluding hydrogens is 358 g/mol. The SMILES string of the molecule is O=C(Nc1cnn2c1OCC(O)C2)OCC1c2ccccc2-c2ccccc21. The van der Waals surface area contributed by atoms with E-state index >= 15 is 0 Å². The maximum atomic E-state index is 12.4. The van der Waals surface area contributed by atoms with Gasteiger partial charge in [-0.1, -0.05) is 48.5 Å². The molecule has 3 aromatic rings. The van der Waals surface area contributed by atoms with Crippen LogP contribution in [0.15, 0.2) is 54.7 Å². The molecule has 2 aromatic carbocycles. The summed E-state index contributed by atoms with van der Waals surface area (Å²) in [5.74, 6) is 0.435. The summed E-state index contributed by atoms with van der Waals surface area (Å²) in [5, 5.41) is 16.4. The lowest BCUT2D eigenvalue weighted by Gasteiger charge is -2.20. The number of carbonyl (C=O) groups is 1. The summed E-state index contributed by atoms with van der Waals surface area (Å²) in [6.45, 7) is 0.746. The third-order valence-electron chi connectivity index (χ3n) is 5.17. The van der Waals surface area contributed by atoms with Crippen LogP contribution in [0.4, 0.5) is 10.5 Å². The summed E-state index contributed by atoms with van der Waals surface area (Å²) in [6, 6.07) is 16.4. The molecule has 0 bridgehead atoms. The highest BCUT2D eigenvalue weighted by atomic mass is 16.5. The second-order valence-electron chi connectivity index (χ2n) is 6.96. The number of aliphatic hydroxyl groups is 1. The second-order valence-corrected chi connectivity index (χ2v) is 6.96. The Morgan fingerprint density at radius 3 is 2.57 bits per heavy atom. The maximum Gasteiger partial charge on any atom is 0.411 e. The van der Waals surface area contributed by atoms with Crippen molar-refractivity contribution < 1.29 is 19.4 Å². The molecule has 0 fully saturated rings. The van der Waals surface area contributed by atoms with E-state index in [1.807, 2.05) is 24.3 Å². The van der Waals surface area contributed by atoms with Gasteiger partial charge in [-0.05, 0) is 22.3 Å². The molecule has 142 valence electrons. The van der Waals surface area contributed by atoms with Crippen molar-refractivity contribution in [2.45, 2.75) is 18.6 Å². The molecule has 1 atom stereocenters. The fourth-order valence-electron chi connectivity index (χ4n) is 3.91. The van der Waals surface area contributed by atoms with Crippen LogP contribution in [-0.4, -0.2) is 40.3 Å². The van der Waals surface area contributed by atoms with Gasteiger partial charge in [0.1, 0.15) is 25.0 Å². The zero-order chi connectivity index (χ0) is 19.1. The number of anilines is 1. The molecule has 2 N–H and O–H groups in total. The number of hydrogen-bond acceptors (Lipinski definition) is 5. The topological polar surface area (TPSA) is 85.6 Å². The first-order valence-corrected chi connectivity index (χ1v) is 9.19. The zero-order valence-corrected chi connectivity index (χ0v) is 15.0. The molecule has 7 heteroatoms. The van der Waals surface area contributed by atoms with Crippen LogP contribution >= 0.6 is 0 Å². The van der Waals surface area contributed by atoms with Crippen molar-refractivity contribution in [3.63, 3.8) is 0 Å². The van der Waals surface area contributed by atoms with Crippen LogP contribution in [0.5, 0.6) is 5.88 Å². The minimum atomic E-state index is -0.602. The van der Waals surface area contributed by atoms with E-state index in [0.717, 1.165) is 11.1 Å². The Hall–Kier alpha value is -3.32. The third kappa shape index (κ3) is 2.80. The van der Waals surface area contributed by atoms with E-state index in [9.17, 15) is 9.90 Å². The van der Waals surface area contributed by atoms with Crippen LogP contribution in [-0.2, 0) is 11.3 Å². The van der Waals surface area contributed by atoms with Gasteiger partial charge in [0, 0.05) is 5.92 Å². The molecule has 0 spiro atoms. The quantitative estimate of drug-likeness (QED) is 0.733. The molecule has 0 saturated heterocycles. The van der Waals surface area contributed by atoms with Gasteiger partial charge in [0.2, 0.25) is 5.88 Å². The number of fused-ring (bicyclic) bond motifs is 4. The predicted molar refractivity (Wildman–Crippen MR) is 102 cm³/mol. The van der Waals surface area contributed by atoms with Gasteiger partial charge in [-0.2, -0.15) is 5.10 Å². The van der Waals surface area contributed by atoms with E-state index in [4.69, 9.17) is 9.47 Å². The number of ether oxygens (including phenoxy) is 2. The molecule has 1 aromatic heterocycles. The standard InChI is InChI=1S/C21H19N3O4/c25-13-10-24-20(27-11-13)19(9-22-24)23-21(26)28-12-18-16-7-3-1-5-14(16)15-6-2-4-8-17(15)18/h1-9,13,18,25H,10-12H2,(H,23,26). The number of nitrogens with one attached hydrogen (secondary N) is 1. The molecule has 1 amide bonds. The van der Waals surface area contributed by atoms with Gasteiger partial charge in [-0.15, -0.1) is 0 Å². The molecule has 0 saturated carbocycles. The van der Waals surface area contributed by atoms with Crippen molar-refractivity contribution in [1.29, 1.82) is 0 Å². The number of hydrogen-bond donors (Lipinski definition) is 2. The van der Waals surface area contributed by atoms with Gasteiger partial charge in [-0.25, -0.2) is 9.48 Å². The van der Waals surface area contributed by atoms with Crippen molar-refractivity contribution in [2.24, 2.45) is 0 Å². The summed E-state index contributed by atoms with van der Waals surface area (Å²) >= 11 is 0. The molecule has 1 aliphatic heterocycles. The summed E-state index contributed by atoms with van der Waals surface area (Å²) in [5.41, 5.74) is 5.13. The Labute approximate surface area is 161 Å². The van der Waals surface area contributed by atoms with E-state index < -0.39 is 12.2 Å². The first-order valence-electron chi connectivity index (χ1n) is 9.19. The minimum absolute atomic E-state index is 0.00521. The van der Waals surface area contributed by atoms with E-state index in [1.54, 1.807) is 0 Å². The molecule has 2 aliphatic rings. The van der Waals surface area contributed by atoms with Gasteiger partial charge in [0.25, 0.3) is 0 Å². The molecule has 5 rings (SSSR count). The number of benzene rings is 2. The van der Waals surface area contributed by atoms with Gasteiger partial charge in [0.15, 0.2) is 0 Å². The van der Waals surface area contributed by atoms with Crippen molar-refractivity contribution >= 4 is 11.8 Å². The zero-order valence-electron chi connectivity index (χ0n) is 15.0. The van der Waals surface area contributed by atoms with Gasteiger partial charge < -0.3 is 14.6 Å². The Morgan fingerprint density at radius 1 is 1.18 bits per heavy atom. The highest BCUT2D eigenvalue weighted by Gasteiger charge is 2.29. The molecular formula is C21H19N3O4. The summed E-state index contributed by atoms with van der Waals surface area (Å²) < 4.78 is 12.5. The predicted octanol–water partition coefficient (Wildman–Crippen LogP) is 3.00. The summed E-state index contributed by atoms with van der Waals surface area (Å²) in [7, 11) is 0. The largest absolute Gasteiger partial charge is 0.474 e. The van der Waals surface area contributed by atoms with E-state index in [2.05, 4.69) is 34.7 Å². The molecule has 28 heavy (non-hydrogen) atoms. The average Bonchev–Trinajstić information content (AvgIpc) is 3.25. The number of amides is 1. The van der Waals surface area contributed by atoms with Crippen molar-refractivity contribution in [2.75, 3.05) is 18.5 Å². The first-order chi connectivity index (χ1) is 13.7.